The van der Waals surface area contributed by atoms with Crippen molar-refractivity contribution in [2.45, 2.75) is 75.1 Å². The third-order valence-electron chi connectivity index (χ3n) is 11.3. The van der Waals surface area contributed by atoms with Gasteiger partial charge in [0.15, 0.2) is 0 Å². The van der Waals surface area contributed by atoms with Crippen molar-refractivity contribution in [3.05, 3.63) is 95.1 Å². The molecule has 4 amide bonds. The summed E-state index contributed by atoms with van der Waals surface area (Å²) in [5.74, 6) is -0.862. The van der Waals surface area contributed by atoms with E-state index in [1.165, 1.54) is 30.0 Å². The second-order valence-corrected chi connectivity index (χ2v) is 16.8. The lowest BCUT2D eigenvalue weighted by Crippen LogP contribution is -2.53. The van der Waals surface area contributed by atoms with Crippen molar-refractivity contribution in [1.29, 1.82) is 0 Å². The number of urea groups is 1. The third-order valence-corrected chi connectivity index (χ3v) is 12.7. The normalized spacial score (nSPS) is 21.8. The lowest BCUT2D eigenvalue weighted by atomic mass is 10.0. The number of para-hydroxylation sites is 2. The van der Waals surface area contributed by atoms with Crippen LogP contribution in [-0.2, 0) is 22.4 Å². The Morgan fingerprint density at radius 3 is 2.32 bits per heavy atom. The fourth-order valence-electron chi connectivity index (χ4n) is 8.21. The summed E-state index contributed by atoms with van der Waals surface area (Å²) in [5.41, 5.74) is 4.13. The van der Waals surface area contributed by atoms with E-state index in [0.717, 1.165) is 41.9 Å². The number of fused-ring (bicyclic) bond motifs is 1. The Bertz CT molecular complexity index is 1820. The van der Waals surface area contributed by atoms with Crippen LogP contribution in [0.4, 0.5) is 25.0 Å². The maximum Gasteiger partial charge on any atom is 0.322 e. The van der Waals surface area contributed by atoms with E-state index in [0.29, 0.717) is 64.2 Å². The molecule has 4 heterocycles. The number of nitrogens with zero attached hydrogens (tertiary/aromatic N) is 5. The molecule has 3 fully saturated rings. The van der Waals surface area contributed by atoms with E-state index in [4.69, 9.17) is 0 Å². The van der Waals surface area contributed by atoms with Crippen LogP contribution in [0.2, 0.25) is 0 Å². The van der Waals surface area contributed by atoms with Crippen molar-refractivity contribution in [1.82, 2.24) is 19.6 Å². The van der Waals surface area contributed by atoms with E-state index in [9.17, 15) is 18.8 Å². The fraction of sp³-hybridized carbons (Fsp3) is 0.488. The number of nitrogens with one attached hydrogen (secondary N) is 1. The van der Waals surface area contributed by atoms with E-state index in [-0.39, 0.29) is 51.8 Å². The average molecular weight is 751 g/mol. The first kappa shape index (κ1) is 37.2. The summed E-state index contributed by atoms with van der Waals surface area (Å²) >= 11 is 1.43. The molecule has 7 rings (SSSR count). The maximum absolute atomic E-state index is 15.9. The van der Waals surface area contributed by atoms with Crippen molar-refractivity contribution < 1.29 is 27.4 Å². The fourth-order valence-corrected chi connectivity index (χ4v) is 9.71. The number of hydrogen-bond donors (Lipinski definition) is 1. The van der Waals surface area contributed by atoms with Crippen molar-refractivity contribution >= 4 is 41.0 Å². The van der Waals surface area contributed by atoms with Crippen LogP contribution in [0.3, 0.4) is 0 Å². The molecule has 0 bridgehead atoms. The van der Waals surface area contributed by atoms with Crippen LogP contribution >= 0.6 is 11.8 Å². The molecule has 53 heavy (non-hydrogen) atoms. The largest absolute Gasteiger partial charge is 0.366 e. The standard InChI is InChI=1S/C41H50F2N6O3S.3H2/c1-41(2,3)47-25-23-46(24-26-47)37-32(8-6-9-33(37)43)39-49(21-15-28-11-13-30(42)14-12-28)38(51)35(53-39)27-36(50)45-19-17-31(18-20-45)48-22-16-29-7-4-5-10-34(29)44-40(48)52;;;/h4-14,31,35,39H,15-27H2,1-3H3,(H,44,52);3*1H/t35-,39+;;;/m0.../s1. The van der Waals surface area contributed by atoms with Crippen LogP contribution in [0.25, 0.3) is 0 Å². The summed E-state index contributed by atoms with van der Waals surface area (Å²) in [6.07, 6.45) is 2.66. The second kappa shape index (κ2) is 15.7. The Kier molecular flexibility index (Phi) is 11.0. The molecule has 0 aliphatic carbocycles. The summed E-state index contributed by atoms with van der Waals surface area (Å²) in [7, 11) is 0. The molecule has 1 N–H and O–H groups in total. The van der Waals surface area contributed by atoms with Crippen molar-refractivity contribution in [3.8, 4) is 0 Å². The monoisotopic (exact) mass is 750 g/mol. The zero-order chi connectivity index (χ0) is 37.3. The molecule has 0 spiro atoms. The predicted molar refractivity (Wildman–Crippen MR) is 212 cm³/mol. The van der Waals surface area contributed by atoms with Crippen LogP contribution in [-0.4, -0.2) is 107 Å². The van der Waals surface area contributed by atoms with Gasteiger partial charge in [0.25, 0.3) is 0 Å². The number of hydrogen-bond acceptors (Lipinski definition) is 6. The molecular formula is C41H56F2N6O3S. The smallest absolute Gasteiger partial charge is 0.322 e. The molecule has 12 heteroatoms. The number of piperazine rings is 1. The predicted octanol–water partition coefficient (Wildman–Crippen LogP) is 7.28. The molecule has 4 aliphatic heterocycles. The van der Waals surface area contributed by atoms with Crippen molar-refractivity contribution in [3.63, 3.8) is 0 Å². The summed E-state index contributed by atoms with van der Waals surface area (Å²) in [6.45, 7) is 11.5. The summed E-state index contributed by atoms with van der Waals surface area (Å²) in [5, 5.41) is 1.95. The van der Waals surface area contributed by atoms with Gasteiger partial charge in [-0.2, -0.15) is 0 Å². The molecule has 3 saturated heterocycles. The van der Waals surface area contributed by atoms with Gasteiger partial charge in [-0.3, -0.25) is 14.5 Å². The molecule has 0 radical (unpaired) electrons. The number of anilines is 2. The molecule has 3 aromatic carbocycles. The number of amides is 4. The van der Waals surface area contributed by atoms with Crippen molar-refractivity contribution in [2.24, 2.45) is 0 Å². The highest BCUT2D eigenvalue weighted by Crippen LogP contribution is 2.48. The highest BCUT2D eigenvalue weighted by molar-refractivity contribution is 8.01. The van der Waals surface area contributed by atoms with Gasteiger partial charge in [0.1, 0.15) is 17.0 Å². The molecule has 9 nitrogen and oxygen atoms in total. The summed E-state index contributed by atoms with van der Waals surface area (Å²) in [4.78, 5) is 51.2. The van der Waals surface area contributed by atoms with Crippen LogP contribution in [0.1, 0.15) is 66.4 Å². The number of rotatable bonds is 8. The van der Waals surface area contributed by atoms with Gasteiger partial charge in [0.05, 0.1) is 10.9 Å². The Hall–Kier alpha value is -4.16. The van der Waals surface area contributed by atoms with Gasteiger partial charge in [-0.25, -0.2) is 13.6 Å². The van der Waals surface area contributed by atoms with Gasteiger partial charge < -0.3 is 24.9 Å². The first-order chi connectivity index (χ1) is 25.5. The topological polar surface area (TPSA) is 79.4 Å². The SMILES string of the molecule is CC(C)(C)N1CCN(c2c(F)cccc2[C@H]2S[C@@H](CC(=O)N3CCC(N4CCc5ccccc5NC4=O)CC3)C(=O)N2CCc2ccc(F)cc2)CC1.[HH].[HH].[HH]. The van der Waals surface area contributed by atoms with Gasteiger partial charge in [-0.05, 0) is 81.8 Å². The lowest BCUT2D eigenvalue weighted by molar-refractivity contribution is -0.136. The summed E-state index contributed by atoms with van der Waals surface area (Å²) < 4.78 is 29.6. The Labute approximate surface area is 320 Å². The minimum Gasteiger partial charge on any atom is -0.366 e. The highest BCUT2D eigenvalue weighted by atomic mass is 32.2. The molecule has 4 aliphatic rings. The van der Waals surface area contributed by atoms with Gasteiger partial charge in [-0.15, -0.1) is 11.8 Å². The lowest BCUT2D eigenvalue weighted by Gasteiger charge is -2.43. The average Bonchev–Trinajstić information content (AvgIpc) is 3.34. The molecule has 0 unspecified atom stereocenters. The highest BCUT2D eigenvalue weighted by Gasteiger charge is 2.44. The van der Waals surface area contributed by atoms with Gasteiger partial charge in [0.2, 0.25) is 11.8 Å². The number of piperidine rings is 1. The van der Waals surface area contributed by atoms with Crippen LogP contribution < -0.4 is 10.2 Å². The zero-order valence-corrected chi connectivity index (χ0v) is 31.7. The molecule has 288 valence electrons. The number of likely N-dealkylation sites (tertiary alicyclic amines) is 1. The number of halogens is 2. The maximum atomic E-state index is 15.9. The first-order valence-electron chi connectivity index (χ1n) is 18.9. The number of benzene rings is 3. The van der Waals surface area contributed by atoms with E-state index in [1.54, 1.807) is 23.1 Å². The van der Waals surface area contributed by atoms with Gasteiger partial charge in [-0.1, -0.05) is 42.5 Å². The molecule has 3 aromatic rings. The Morgan fingerprint density at radius 1 is 0.887 bits per heavy atom. The van der Waals surface area contributed by atoms with E-state index in [1.807, 2.05) is 40.1 Å². The van der Waals surface area contributed by atoms with E-state index >= 15 is 4.39 Å². The number of carbonyl (C=O) groups is 3. The molecule has 0 saturated carbocycles. The van der Waals surface area contributed by atoms with E-state index < -0.39 is 10.6 Å². The van der Waals surface area contributed by atoms with E-state index in [2.05, 4.69) is 35.9 Å². The number of carbonyl (C=O) groups excluding carboxylic acids is 3. The minimum absolute atomic E-state index is 0. The zero-order valence-electron chi connectivity index (χ0n) is 30.9. The first-order valence-corrected chi connectivity index (χ1v) is 19.8. The van der Waals surface area contributed by atoms with Gasteiger partial charge >= 0.3 is 6.03 Å². The Morgan fingerprint density at radius 2 is 1.60 bits per heavy atom. The van der Waals surface area contributed by atoms with Crippen LogP contribution in [0, 0.1) is 11.6 Å². The molecular weight excluding hydrogens is 695 g/mol. The second-order valence-electron chi connectivity index (χ2n) is 15.6. The number of thioether (sulfide) groups is 1. The van der Waals surface area contributed by atoms with Crippen molar-refractivity contribution in [2.75, 3.05) is 62.6 Å². The summed E-state index contributed by atoms with van der Waals surface area (Å²) in [6, 6.07) is 19.2. The van der Waals surface area contributed by atoms with Crippen LogP contribution in [0.5, 0.6) is 0 Å². The third kappa shape index (κ3) is 8.18. The van der Waals surface area contributed by atoms with Crippen LogP contribution in [0.15, 0.2) is 66.7 Å². The minimum atomic E-state index is -0.623. The Balaban J connectivity index is 0.00000232. The molecule has 0 aromatic heterocycles. The molecule has 2 atom stereocenters. The quantitative estimate of drug-likeness (QED) is 0.261. The van der Waals surface area contributed by atoms with Gasteiger partial charge in [0, 0.05) is 85.9 Å².